The quantitative estimate of drug-likeness (QED) is 0.887. The molecular weight excluding hydrogens is 264 g/mol. The maximum absolute atomic E-state index is 10.6. The van der Waals surface area contributed by atoms with E-state index in [1.807, 2.05) is 0 Å². The fourth-order valence-electron chi connectivity index (χ4n) is 3.26. The second-order valence-electron chi connectivity index (χ2n) is 6.01. The van der Waals surface area contributed by atoms with Crippen molar-refractivity contribution >= 4 is 16.9 Å². The summed E-state index contributed by atoms with van der Waals surface area (Å²) in [7, 11) is 0. The van der Waals surface area contributed by atoms with Crippen molar-refractivity contribution < 1.29 is 9.90 Å². The second-order valence-corrected chi connectivity index (χ2v) is 6.01. The number of hydrogen-bond acceptors (Lipinski definition) is 2. The second kappa shape index (κ2) is 6.31. The predicted molar refractivity (Wildman–Crippen MR) is 83.2 cm³/mol. The van der Waals surface area contributed by atoms with Crippen LogP contribution < -0.4 is 0 Å². The summed E-state index contributed by atoms with van der Waals surface area (Å²) in [5.74, 6) is -0.0865. The zero-order chi connectivity index (χ0) is 14.7. The number of carbonyl (C=O) groups is 1. The lowest BCUT2D eigenvalue weighted by molar-refractivity contribution is -0.137. The number of aromatic amines is 1. The minimum atomic E-state index is -0.670. The lowest BCUT2D eigenvalue weighted by Crippen LogP contribution is -2.33. The van der Waals surface area contributed by atoms with Crippen LogP contribution in [0.25, 0.3) is 10.9 Å². The Bertz CT molecular complexity index is 612. The molecule has 0 aliphatic carbocycles. The number of para-hydroxylation sites is 1. The molecule has 4 nitrogen and oxygen atoms in total. The lowest BCUT2D eigenvalue weighted by Gasteiger charge is -2.31. The average molecular weight is 286 g/mol. The summed E-state index contributed by atoms with van der Waals surface area (Å²) in [4.78, 5) is 16.4. The Kier molecular flexibility index (Phi) is 4.25. The first-order valence-corrected chi connectivity index (χ1v) is 7.71. The number of rotatable bonds is 5. The molecule has 0 radical (unpaired) electrons. The number of H-pyrrole nitrogens is 1. The van der Waals surface area contributed by atoms with Crippen LogP contribution in [0.2, 0.25) is 0 Å². The monoisotopic (exact) mass is 286 g/mol. The minimum absolute atomic E-state index is 0.313. The molecule has 4 heteroatoms. The largest absolute Gasteiger partial charge is 0.481 e. The molecule has 0 amide bonds. The molecule has 0 bridgehead atoms. The van der Waals surface area contributed by atoms with Crippen LogP contribution in [0, 0.1) is 5.92 Å². The molecule has 1 aromatic carbocycles. The lowest BCUT2D eigenvalue weighted by atomic mass is 9.92. The van der Waals surface area contributed by atoms with Gasteiger partial charge in [-0.2, -0.15) is 0 Å². The van der Waals surface area contributed by atoms with Gasteiger partial charge in [0.1, 0.15) is 0 Å². The molecule has 0 unspecified atom stereocenters. The van der Waals surface area contributed by atoms with Gasteiger partial charge in [-0.05, 0) is 49.9 Å². The van der Waals surface area contributed by atoms with Gasteiger partial charge in [0.2, 0.25) is 0 Å². The van der Waals surface area contributed by atoms with E-state index in [4.69, 9.17) is 5.11 Å². The van der Waals surface area contributed by atoms with Gasteiger partial charge in [0, 0.05) is 30.1 Å². The molecule has 1 saturated heterocycles. The Balaban J connectivity index is 1.54. The first-order valence-electron chi connectivity index (χ1n) is 7.71. The number of nitrogens with one attached hydrogen (secondary N) is 1. The minimum Gasteiger partial charge on any atom is -0.481 e. The van der Waals surface area contributed by atoms with Crippen molar-refractivity contribution in [2.75, 3.05) is 13.1 Å². The SMILES string of the molecule is O=C(O)CCC1CCN(Cc2c[nH]c3ccccc23)CC1. The molecule has 0 atom stereocenters. The van der Waals surface area contributed by atoms with Crippen molar-refractivity contribution in [1.82, 2.24) is 9.88 Å². The van der Waals surface area contributed by atoms with E-state index in [9.17, 15) is 4.79 Å². The van der Waals surface area contributed by atoms with Crippen molar-refractivity contribution in [2.24, 2.45) is 5.92 Å². The summed E-state index contributed by atoms with van der Waals surface area (Å²) in [5.41, 5.74) is 2.55. The van der Waals surface area contributed by atoms with E-state index in [1.165, 1.54) is 16.5 Å². The molecule has 1 aliphatic heterocycles. The first kappa shape index (κ1) is 14.1. The highest BCUT2D eigenvalue weighted by molar-refractivity contribution is 5.82. The van der Waals surface area contributed by atoms with E-state index in [2.05, 4.69) is 40.3 Å². The van der Waals surface area contributed by atoms with E-state index in [0.717, 1.165) is 38.9 Å². The number of fused-ring (bicyclic) bond motifs is 1. The molecule has 0 spiro atoms. The highest BCUT2D eigenvalue weighted by Crippen LogP contribution is 2.25. The van der Waals surface area contributed by atoms with Crippen molar-refractivity contribution in [3.63, 3.8) is 0 Å². The van der Waals surface area contributed by atoms with Gasteiger partial charge in [-0.25, -0.2) is 0 Å². The van der Waals surface area contributed by atoms with Gasteiger partial charge < -0.3 is 10.1 Å². The summed E-state index contributed by atoms with van der Waals surface area (Å²) in [6.07, 6.45) is 5.50. The number of likely N-dealkylation sites (tertiary alicyclic amines) is 1. The molecule has 2 heterocycles. The van der Waals surface area contributed by atoms with Crippen LogP contribution in [0.15, 0.2) is 30.5 Å². The number of aliphatic carboxylic acids is 1. The van der Waals surface area contributed by atoms with E-state index < -0.39 is 5.97 Å². The third-order valence-electron chi connectivity index (χ3n) is 4.54. The predicted octanol–water partition coefficient (Wildman–Crippen LogP) is 3.24. The van der Waals surface area contributed by atoms with Crippen LogP contribution in [0.4, 0.5) is 0 Å². The molecule has 1 aliphatic rings. The number of benzene rings is 1. The highest BCUT2D eigenvalue weighted by Gasteiger charge is 2.20. The van der Waals surface area contributed by atoms with E-state index >= 15 is 0 Å². The molecular formula is C17H22N2O2. The van der Waals surface area contributed by atoms with Gasteiger partial charge in [-0.3, -0.25) is 9.69 Å². The highest BCUT2D eigenvalue weighted by atomic mass is 16.4. The third kappa shape index (κ3) is 3.45. The Hall–Kier alpha value is -1.81. The molecule has 0 saturated carbocycles. The number of carboxylic acids is 1. The summed E-state index contributed by atoms with van der Waals surface area (Å²) in [6, 6.07) is 8.41. The average Bonchev–Trinajstić information content (AvgIpc) is 2.90. The van der Waals surface area contributed by atoms with E-state index in [1.54, 1.807) is 0 Å². The number of aromatic nitrogens is 1. The Morgan fingerprint density at radius 3 is 2.81 bits per heavy atom. The van der Waals surface area contributed by atoms with Crippen LogP contribution in [0.5, 0.6) is 0 Å². The van der Waals surface area contributed by atoms with Gasteiger partial charge in [-0.15, -0.1) is 0 Å². The van der Waals surface area contributed by atoms with Gasteiger partial charge >= 0.3 is 5.97 Å². The molecule has 112 valence electrons. The summed E-state index contributed by atoms with van der Waals surface area (Å²) in [5, 5.41) is 10.1. The molecule has 2 aromatic rings. The smallest absolute Gasteiger partial charge is 0.303 e. The van der Waals surface area contributed by atoms with Crippen LogP contribution in [-0.4, -0.2) is 34.0 Å². The molecule has 3 rings (SSSR count). The Morgan fingerprint density at radius 1 is 1.29 bits per heavy atom. The van der Waals surface area contributed by atoms with Gasteiger partial charge in [0.25, 0.3) is 0 Å². The third-order valence-corrected chi connectivity index (χ3v) is 4.54. The standard InChI is InChI=1S/C17H22N2O2/c20-17(21)6-5-13-7-9-19(10-8-13)12-14-11-18-16-4-2-1-3-15(14)16/h1-4,11,13,18H,5-10,12H2,(H,20,21). The number of hydrogen-bond donors (Lipinski definition) is 2. The molecule has 21 heavy (non-hydrogen) atoms. The van der Waals surface area contributed by atoms with Crippen molar-refractivity contribution in [3.05, 3.63) is 36.0 Å². The van der Waals surface area contributed by atoms with E-state index in [0.29, 0.717) is 12.3 Å². The number of nitrogens with zero attached hydrogens (tertiary/aromatic N) is 1. The van der Waals surface area contributed by atoms with Crippen LogP contribution in [0.1, 0.15) is 31.2 Å². The maximum Gasteiger partial charge on any atom is 0.303 e. The van der Waals surface area contributed by atoms with Gasteiger partial charge in [0.05, 0.1) is 0 Å². The van der Waals surface area contributed by atoms with Crippen LogP contribution in [-0.2, 0) is 11.3 Å². The summed E-state index contributed by atoms with van der Waals surface area (Å²) < 4.78 is 0. The fourth-order valence-corrected chi connectivity index (χ4v) is 3.26. The number of piperidine rings is 1. The topological polar surface area (TPSA) is 56.3 Å². The Labute approximate surface area is 124 Å². The molecule has 1 fully saturated rings. The van der Waals surface area contributed by atoms with Crippen molar-refractivity contribution in [3.8, 4) is 0 Å². The van der Waals surface area contributed by atoms with Crippen LogP contribution >= 0.6 is 0 Å². The first-order chi connectivity index (χ1) is 10.2. The zero-order valence-electron chi connectivity index (χ0n) is 12.2. The van der Waals surface area contributed by atoms with Crippen molar-refractivity contribution in [1.29, 1.82) is 0 Å². The normalized spacial score (nSPS) is 17.3. The van der Waals surface area contributed by atoms with Crippen LogP contribution in [0.3, 0.4) is 0 Å². The Morgan fingerprint density at radius 2 is 2.05 bits per heavy atom. The fraction of sp³-hybridized carbons (Fsp3) is 0.471. The van der Waals surface area contributed by atoms with E-state index in [-0.39, 0.29) is 0 Å². The zero-order valence-corrected chi connectivity index (χ0v) is 12.2. The summed E-state index contributed by atoms with van der Waals surface area (Å²) in [6.45, 7) is 3.13. The summed E-state index contributed by atoms with van der Waals surface area (Å²) >= 11 is 0. The number of carboxylic acid groups (broad SMARTS) is 1. The molecule has 1 aromatic heterocycles. The van der Waals surface area contributed by atoms with Crippen molar-refractivity contribution in [2.45, 2.75) is 32.2 Å². The molecule has 2 N–H and O–H groups in total. The maximum atomic E-state index is 10.6. The van der Waals surface area contributed by atoms with Gasteiger partial charge in [0.15, 0.2) is 0 Å². The van der Waals surface area contributed by atoms with Gasteiger partial charge in [-0.1, -0.05) is 18.2 Å².